The lowest BCUT2D eigenvalue weighted by Crippen LogP contribution is -2.40. The van der Waals surface area contributed by atoms with Crippen LogP contribution in [0.3, 0.4) is 0 Å². The fraction of sp³-hybridized carbons (Fsp3) is 0.316. The molecule has 12 heteroatoms. The second kappa shape index (κ2) is 8.20. The van der Waals surface area contributed by atoms with E-state index in [1.807, 2.05) is 0 Å². The summed E-state index contributed by atoms with van der Waals surface area (Å²) < 4.78 is 64.7. The number of carbonyl (C=O) groups is 1. The number of rotatable bonds is 6. The molecule has 2 aromatic rings. The average Bonchev–Trinajstić information content (AvgIpc) is 3.33. The average molecular weight is 468 g/mol. The second-order valence-corrected chi connectivity index (χ2v) is 10.9. The van der Waals surface area contributed by atoms with Crippen LogP contribution < -0.4 is 5.32 Å². The molecule has 1 N–H and O–H groups in total. The minimum Gasteiger partial charge on any atom is -0.444 e. The number of amides is 1. The van der Waals surface area contributed by atoms with E-state index in [1.165, 1.54) is 32.9 Å². The minimum atomic E-state index is -3.86. The molecule has 1 aromatic carbocycles. The molecule has 0 unspecified atom stereocenters. The van der Waals surface area contributed by atoms with Gasteiger partial charge >= 0.3 is 0 Å². The normalized spacial score (nSPS) is 17.9. The molecule has 2 aliphatic rings. The van der Waals surface area contributed by atoms with Crippen molar-refractivity contribution in [2.75, 3.05) is 31.6 Å². The van der Waals surface area contributed by atoms with Crippen LogP contribution in [0, 0.1) is 0 Å². The van der Waals surface area contributed by atoms with Crippen molar-refractivity contribution in [3.63, 3.8) is 0 Å². The summed E-state index contributed by atoms with van der Waals surface area (Å²) in [6.45, 7) is 4.62. The molecule has 0 radical (unpaired) electrons. The Bertz CT molecular complexity index is 1190. The van der Waals surface area contributed by atoms with Crippen molar-refractivity contribution in [2.24, 2.45) is 0 Å². The molecule has 0 bridgehead atoms. The van der Waals surface area contributed by atoms with Crippen molar-refractivity contribution < 1.29 is 30.8 Å². The van der Waals surface area contributed by atoms with Gasteiger partial charge in [-0.3, -0.25) is 10.1 Å². The van der Waals surface area contributed by atoms with E-state index >= 15 is 0 Å². The molecule has 1 amide bonds. The maximum atomic E-state index is 13.0. The van der Waals surface area contributed by atoms with E-state index in [4.69, 9.17) is 9.15 Å². The van der Waals surface area contributed by atoms with Gasteiger partial charge in [-0.25, -0.2) is 16.8 Å². The number of anilines is 1. The molecule has 1 aromatic heterocycles. The lowest BCUT2D eigenvalue weighted by molar-refractivity contribution is -0.112. The van der Waals surface area contributed by atoms with Crippen molar-refractivity contribution in [1.29, 1.82) is 0 Å². The number of fused-ring (bicyclic) bond motifs is 1. The molecule has 4 rings (SSSR count). The Morgan fingerprint density at radius 2 is 1.55 bits per heavy atom. The number of hydrogen-bond donors (Lipinski definition) is 1. The zero-order valence-corrected chi connectivity index (χ0v) is 18.1. The summed E-state index contributed by atoms with van der Waals surface area (Å²) >= 11 is 0. The number of morpholine rings is 1. The van der Waals surface area contributed by atoms with Gasteiger partial charge in [-0.15, -0.1) is 0 Å². The Labute approximate surface area is 180 Å². The molecule has 0 spiro atoms. The Morgan fingerprint density at radius 1 is 0.968 bits per heavy atom. The highest BCUT2D eigenvalue weighted by Crippen LogP contribution is 2.33. The number of furan rings is 1. The molecule has 0 aliphatic carbocycles. The summed E-state index contributed by atoms with van der Waals surface area (Å²) in [5, 5.41) is 2.49. The quantitative estimate of drug-likeness (QED) is 0.631. The third-order valence-electron chi connectivity index (χ3n) is 5.06. The van der Waals surface area contributed by atoms with Gasteiger partial charge in [-0.1, -0.05) is 6.58 Å². The van der Waals surface area contributed by atoms with E-state index in [9.17, 15) is 21.6 Å². The van der Waals surface area contributed by atoms with Crippen LogP contribution in [0.2, 0.25) is 0 Å². The highest BCUT2D eigenvalue weighted by atomic mass is 32.2. The number of hydrogen-bond acceptors (Lipinski definition) is 7. The molecule has 0 atom stereocenters. The summed E-state index contributed by atoms with van der Waals surface area (Å²) in [7, 11) is -7.57. The van der Waals surface area contributed by atoms with Crippen LogP contribution in [-0.4, -0.2) is 57.7 Å². The molecular formula is C19H21N3O7S2. The van der Waals surface area contributed by atoms with Crippen molar-refractivity contribution in [3.05, 3.63) is 54.3 Å². The van der Waals surface area contributed by atoms with E-state index in [0.717, 1.165) is 6.08 Å². The first-order valence-electron chi connectivity index (χ1n) is 9.45. The summed E-state index contributed by atoms with van der Waals surface area (Å²) in [5.41, 5.74) is 0.648. The highest BCUT2D eigenvalue weighted by Gasteiger charge is 2.34. The topological polar surface area (TPSA) is 126 Å². The maximum Gasteiger partial charge on any atom is 0.250 e. The monoisotopic (exact) mass is 467 g/mol. The molecular weight excluding hydrogens is 446 g/mol. The lowest BCUT2D eigenvalue weighted by Gasteiger charge is -2.26. The summed E-state index contributed by atoms with van der Waals surface area (Å²) in [6, 6.07) is 6.75. The van der Waals surface area contributed by atoms with Crippen LogP contribution in [-0.2, 0) is 42.7 Å². The van der Waals surface area contributed by atoms with Gasteiger partial charge in [0, 0.05) is 31.3 Å². The van der Waals surface area contributed by atoms with Gasteiger partial charge in [-0.2, -0.15) is 8.61 Å². The van der Waals surface area contributed by atoms with Crippen molar-refractivity contribution >= 4 is 31.8 Å². The minimum absolute atomic E-state index is 0.00938. The van der Waals surface area contributed by atoms with Crippen LogP contribution >= 0.6 is 0 Å². The molecule has 1 saturated heterocycles. The van der Waals surface area contributed by atoms with Gasteiger partial charge < -0.3 is 9.15 Å². The molecule has 2 aliphatic heterocycles. The van der Waals surface area contributed by atoms with E-state index in [2.05, 4.69) is 11.9 Å². The number of ether oxygens (including phenoxy) is 1. The maximum absolute atomic E-state index is 13.0. The first-order valence-corrected chi connectivity index (χ1v) is 12.3. The van der Waals surface area contributed by atoms with Crippen LogP contribution in [0.15, 0.2) is 57.2 Å². The number of nitrogens with one attached hydrogen (secondary N) is 1. The van der Waals surface area contributed by atoms with E-state index in [-0.39, 0.29) is 41.9 Å². The third-order valence-corrected chi connectivity index (χ3v) is 8.78. The molecule has 10 nitrogen and oxygen atoms in total. The number of carbonyl (C=O) groups excluding carboxylic acids is 1. The van der Waals surface area contributed by atoms with Gasteiger partial charge in [0.25, 0.3) is 0 Å². The number of benzene rings is 1. The summed E-state index contributed by atoms with van der Waals surface area (Å²) in [6.07, 6.45) is 1.10. The third kappa shape index (κ3) is 4.16. The molecule has 1 fully saturated rings. The van der Waals surface area contributed by atoms with Crippen molar-refractivity contribution in [3.8, 4) is 0 Å². The molecule has 0 saturated carbocycles. The van der Waals surface area contributed by atoms with Crippen LogP contribution in [0.1, 0.15) is 11.3 Å². The second-order valence-electron chi connectivity index (χ2n) is 7.01. The Balaban J connectivity index is 1.49. The highest BCUT2D eigenvalue weighted by molar-refractivity contribution is 7.89. The van der Waals surface area contributed by atoms with E-state index < -0.39 is 26.0 Å². The largest absolute Gasteiger partial charge is 0.444 e. The van der Waals surface area contributed by atoms with E-state index in [1.54, 1.807) is 6.07 Å². The van der Waals surface area contributed by atoms with Crippen molar-refractivity contribution in [1.82, 2.24) is 8.61 Å². The zero-order chi connectivity index (χ0) is 22.2. The van der Waals surface area contributed by atoms with Gasteiger partial charge in [0.05, 0.1) is 29.5 Å². The SMILES string of the molecule is C=CC(=O)Nc1cc2c(o1)CN(S(=O)(=O)c1ccc(S(=O)(=O)N3CCOCC3)cc1)C2. The Hall–Kier alpha value is -2.51. The van der Waals surface area contributed by atoms with Crippen LogP contribution in [0.5, 0.6) is 0 Å². The van der Waals surface area contributed by atoms with Crippen molar-refractivity contribution in [2.45, 2.75) is 22.9 Å². The first kappa shape index (κ1) is 21.7. The van der Waals surface area contributed by atoms with Gasteiger partial charge in [0.15, 0.2) is 5.88 Å². The Morgan fingerprint density at radius 3 is 2.10 bits per heavy atom. The smallest absolute Gasteiger partial charge is 0.250 e. The van der Waals surface area contributed by atoms with Gasteiger partial charge in [0.2, 0.25) is 26.0 Å². The molecule has 3 heterocycles. The van der Waals surface area contributed by atoms with Crippen LogP contribution in [0.4, 0.5) is 5.88 Å². The van der Waals surface area contributed by atoms with Gasteiger partial charge in [0.1, 0.15) is 5.76 Å². The Kier molecular flexibility index (Phi) is 5.75. The first-order chi connectivity index (χ1) is 14.7. The lowest BCUT2D eigenvalue weighted by atomic mass is 10.3. The fourth-order valence-corrected chi connectivity index (χ4v) is 6.20. The predicted molar refractivity (Wildman–Crippen MR) is 110 cm³/mol. The zero-order valence-electron chi connectivity index (χ0n) is 16.5. The predicted octanol–water partition coefficient (Wildman–Crippen LogP) is 1.13. The number of sulfonamides is 2. The van der Waals surface area contributed by atoms with Gasteiger partial charge in [-0.05, 0) is 30.3 Å². The molecule has 166 valence electrons. The van der Waals surface area contributed by atoms with Crippen LogP contribution in [0.25, 0.3) is 0 Å². The molecule has 31 heavy (non-hydrogen) atoms. The fourth-order valence-electron chi connectivity index (χ4n) is 3.41. The summed E-state index contributed by atoms with van der Waals surface area (Å²) in [4.78, 5) is 11.4. The number of nitrogens with zero attached hydrogens (tertiary/aromatic N) is 2. The summed E-state index contributed by atoms with van der Waals surface area (Å²) in [5.74, 6) is 0.239. The standard InChI is InChI=1S/C19H21N3O7S2/c1-2-18(23)20-19-11-14-12-22(13-17(14)29-19)31(26,27)16-5-3-15(4-6-16)30(24,25)21-7-9-28-10-8-21/h2-6,11H,1,7-10,12-13H2,(H,20,23). The van der Waals surface area contributed by atoms with E-state index in [0.29, 0.717) is 24.5 Å².